The van der Waals surface area contributed by atoms with Crippen LogP contribution >= 0.6 is 0 Å². The summed E-state index contributed by atoms with van der Waals surface area (Å²) in [6.07, 6.45) is 1.41. The zero-order chi connectivity index (χ0) is 22.3. The Balaban J connectivity index is 2.31. The minimum atomic E-state index is -3.71. The lowest BCUT2D eigenvalue weighted by Crippen LogP contribution is -2.49. The van der Waals surface area contributed by atoms with Crippen LogP contribution in [0.25, 0.3) is 0 Å². The van der Waals surface area contributed by atoms with E-state index in [0.29, 0.717) is 30.2 Å². The maximum Gasteiger partial charge on any atom is 0.244 e. The van der Waals surface area contributed by atoms with Gasteiger partial charge in [-0.3, -0.25) is 9.10 Å². The molecule has 0 heterocycles. The molecule has 0 aliphatic rings. The lowest BCUT2D eigenvalue weighted by Gasteiger charge is -2.31. The Kier molecular flexibility index (Phi) is 8.11. The zero-order valence-corrected chi connectivity index (χ0v) is 18.9. The first kappa shape index (κ1) is 23.5. The van der Waals surface area contributed by atoms with Crippen LogP contribution in [-0.4, -0.2) is 40.3 Å². The topological polar surface area (TPSA) is 84.9 Å². The number of methoxy groups -OCH3 is 1. The molecular formula is C22H30N2O5S. The van der Waals surface area contributed by atoms with Crippen LogP contribution in [0.5, 0.6) is 11.5 Å². The lowest BCUT2D eigenvalue weighted by molar-refractivity contribution is -0.122. The van der Waals surface area contributed by atoms with E-state index in [-0.39, 0.29) is 11.9 Å². The lowest BCUT2D eigenvalue weighted by atomic mass is 10.1. The second-order valence-electron chi connectivity index (χ2n) is 6.88. The van der Waals surface area contributed by atoms with Crippen LogP contribution in [0.1, 0.15) is 38.8 Å². The summed E-state index contributed by atoms with van der Waals surface area (Å²) in [5.41, 5.74) is 1.23. The van der Waals surface area contributed by atoms with Crippen molar-refractivity contribution in [3.8, 4) is 11.5 Å². The molecule has 0 saturated carbocycles. The number of anilines is 1. The molecule has 30 heavy (non-hydrogen) atoms. The number of hydrogen-bond donors (Lipinski definition) is 1. The minimum absolute atomic E-state index is 0.310. The van der Waals surface area contributed by atoms with Crippen molar-refractivity contribution < 1.29 is 22.7 Å². The normalized spacial score (nSPS) is 13.2. The number of ether oxygens (including phenoxy) is 2. The van der Waals surface area contributed by atoms with Gasteiger partial charge in [-0.25, -0.2) is 8.42 Å². The number of sulfonamides is 1. The van der Waals surface area contributed by atoms with Crippen molar-refractivity contribution in [2.45, 2.75) is 39.3 Å². The van der Waals surface area contributed by atoms with Crippen LogP contribution in [-0.2, 0) is 14.8 Å². The molecule has 0 spiro atoms. The Hall–Kier alpha value is -2.74. The standard InChI is InChI=1S/C22H30N2O5S/c1-6-20(22(25)23-16(3)19-10-8-9-11-21(19)28-4)24(30(5,26)27)17-12-14-18(15-13-17)29-7-2/h8-16,20H,6-7H2,1-5H3,(H,23,25). The molecule has 164 valence electrons. The minimum Gasteiger partial charge on any atom is -0.496 e. The summed E-state index contributed by atoms with van der Waals surface area (Å²) in [6, 6.07) is 12.8. The first-order valence-corrected chi connectivity index (χ1v) is 11.7. The van der Waals surface area contributed by atoms with Gasteiger partial charge in [0.25, 0.3) is 0 Å². The van der Waals surface area contributed by atoms with Crippen LogP contribution in [0.15, 0.2) is 48.5 Å². The molecule has 0 aliphatic heterocycles. The smallest absolute Gasteiger partial charge is 0.244 e. The summed E-state index contributed by atoms with van der Waals surface area (Å²) in [6.45, 7) is 6.00. The number of para-hydroxylation sites is 1. The highest BCUT2D eigenvalue weighted by molar-refractivity contribution is 7.92. The molecule has 0 fully saturated rings. The number of carbonyl (C=O) groups excluding carboxylic acids is 1. The molecule has 1 N–H and O–H groups in total. The summed E-state index contributed by atoms with van der Waals surface area (Å²) in [5.74, 6) is 0.914. The van der Waals surface area contributed by atoms with Crippen LogP contribution < -0.4 is 19.1 Å². The van der Waals surface area contributed by atoms with Crippen molar-refractivity contribution in [3.05, 3.63) is 54.1 Å². The van der Waals surface area contributed by atoms with Crippen molar-refractivity contribution in [2.75, 3.05) is 24.3 Å². The summed E-state index contributed by atoms with van der Waals surface area (Å²) in [4.78, 5) is 13.1. The molecule has 2 aromatic rings. The fourth-order valence-corrected chi connectivity index (χ4v) is 4.54. The highest BCUT2D eigenvalue weighted by Crippen LogP contribution is 2.27. The number of carbonyl (C=O) groups is 1. The second-order valence-corrected chi connectivity index (χ2v) is 8.74. The van der Waals surface area contributed by atoms with Gasteiger partial charge in [0.1, 0.15) is 17.5 Å². The van der Waals surface area contributed by atoms with E-state index in [2.05, 4.69) is 5.32 Å². The predicted octanol–water partition coefficient (Wildman–Crippen LogP) is 3.52. The third-order valence-corrected chi connectivity index (χ3v) is 5.88. The highest BCUT2D eigenvalue weighted by atomic mass is 32.2. The summed E-state index contributed by atoms with van der Waals surface area (Å²) >= 11 is 0. The van der Waals surface area contributed by atoms with E-state index in [9.17, 15) is 13.2 Å². The van der Waals surface area contributed by atoms with Gasteiger partial charge in [0.05, 0.1) is 31.7 Å². The van der Waals surface area contributed by atoms with E-state index in [0.717, 1.165) is 16.1 Å². The first-order chi connectivity index (χ1) is 14.2. The van der Waals surface area contributed by atoms with Gasteiger partial charge in [0.2, 0.25) is 15.9 Å². The molecule has 0 aromatic heterocycles. The SMILES string of the molecule is CCOc1ccc(N(C(CC)C(=O)NC(C)c2ccccc2OC)S(C)(=O)=O)cc1. The average molecular weight is 435 g/mol. The molecule has 2 aromatic carbocycles. The molecule has 2 atom stereocenters. The summed E-state index contributed by atoms with van der Waals surface area (Å²) in [7, 11) is -2.14. The van der Waals surface area contributed by atoms with Crippen LogP contribution in [0, 0.1) is 0 Å². The van der Waals surface area contributed by atoms with Gasteiger partial charge in [-0.05, 0) is 50.6 Å². The van der Waals surface area contributed by atoms with Gasteiger partial charge in [-0.2, -0.15) is 0 Å². The molecular weight excluding hydrogens is 404 g/mol. The number of nitrogens with zero attached hydrogens (tertiary/aromatic N) is 1. The van der Waals surface area contributed by atoms with Crippen molar-refractivity contribution >= 4 is 21.6 Å². The molecule has 2 rings (SSSR count). The molecule has 0 saturated heterocycles. The highest BCUT2D eigenvalue weighted by Gasteiger charge is 2.32. The Morgan fingerprint density at radius 3 is 2.27 bits per heavy atom. The van der Waals surface area contributed by atoms with Crippen LogP contribution in [0.3, 0.4) is 0 Å². The quantitative estimate of drug-likeness (QED) is 0.618. The second kappa shape index (κ2) is 10.3. The third-order valence-electron chi connectivity index (χ3n) is 4.70. The maximum absolute atomic E-state index is 13.1. The average Bonchev–Trinajstić information content (AvgIpc) is 2.71. The number of nitrogens with one attached hydrogen (secondary N) is 1. The summed E-state index contributed by atoms with van der Waals surface area (Å²) in [5, 5.41) is 2.93. The van der Waals surface area contributed by atoms with E-state index in [4.69, 9.17) is 9.47 Å². The van der Waals surface area contributed by atoms with Crippen molar-refractivity contribution in [2.24, 2.45) is 0 Å². The van der Waals surface area contributed by atoms with E-state index in [1.807, 2.05) is 38.1 Å². The van der Waals surface area contributed by atoms with E-state index < -0.39 is 16.1 Å². The molecule has 2 unspecified atom stereocenters. The van der Waals surface area contributed by atoms with Crippen LogP contribution in [0.2, 0.25) is 0 Å². The Labute approximate surface area is 179 Å². The fourth-order valence-electron chi connectivity index (χ4n) is 3.33. The van der Waals surface area contributed by atoms with Crippen molar-refractivity contribution in [3.63, 3.8) is 0 Å². The largest absolute Gasteiger partial charge is 0.496 e. The third kappa shape index (κ3) is 5.66. The number of benzene rings is 2. The van der Waals surface area contributed by atoms with E-state index in [1.54, 1.807) is 38.3 Å². The maximum atomic E-state index is 13.1. The molecule has 8 heteroatoms. The Morgan fingerprint density at radius 2 is 1.73 bits per heavy atom. The van der Waals surface area contributed by atoms with E-state index in [1.165, 1.54) is 0 Å². The van der Waals surface area contributed by atoms with Gasteiger partial charge in [-0.1, -0.05) is 25.1 Å². The fraction of sp³-hybridized carbons (Fsp3) is 0.409. The monoisotopic (exact) mass is 434 g/mol. The van der Waals surface area contributed by atoms with Gasteiger partial charge >= 0.3 is 0 Å². The van der Waals surface area contributed by atoms with Gasteiger partial charge in [0.15, 0.2) is 0 Å². The van der Waals surface area contributed by atoms with E-state index >= 15 is 0 Å². The molecule has 0 radical (unpaired) electrons. The Bertz CT molecular complexity index is 944. The van der Waals surface area contributed by atoms with Gasteiger partial charge in [-0.15, -0.1) is 0 Å². The molecule has 1 amide bonds. The van der Waals surface area contributed by atoms with Crippen molar-refractivity contribution in [1.29, 1.82) is 0 Å². The molecule has 0 aliphatic carbocycles. The Morgan fingerprint density at radius 1 is 1.10 bits per heavy atom. The zero-order valence-electron chi connectivity index (χ0n) is 18.1. The predicted molar refractivity (Wildman–Crippen MR) is 119 cm³/mol. The van der Waals surface area contributed by atoms with Crippen LogP contribution in [0.4, 0.5) is 5.69 Å². The number of rotatable bonds is 10. The van der Waals surface area contributed by atoms with Gasteiger partial charge < -0.3 is 14.8 Å². The number of hydrogen-bond acceptors (Lipinski definition) is 5. The van der Waals surface area contributed by atoms with Crippen molar-refractivity contribution in [1.82, 2.24) is 5.32 Å². The molecule has 7 nitrogen and oxygen atoms in total. The van der Waals surface area contributed by atoms with Gasteiger partial charge in [0, 0.05) is 5.56 Å². The number of amides is 1. The summed E-state index contributed by atoms with van der Waals surface area (Å²) < 4.78 is 37.1. The molecule has 0 bridgehead atoms. The first-order valence-electron chi connectivity index (χ1n) is 9.88.